The van der Waals surface area contributed by atoms with E-state index in [-0.39, 0.29) is 31.5 Å². The standard InChI is InChI=1S/C47H54O9Si/c1-47(2,3)57(37-25-15-7-16-26-37,38-27-17-8-18-28-38)53-33-40-43(44(45(49)54-40)52-31-36-23-13-6-14-24-36)56-46-41(48)42(51-30-35-21-11-5-12-22-35)39(55-46)32-50-29-34-19-9-4-10-20-34/h4-28,39-46,48-49H,29-33H2,1-3H3/t39-,40-,41+,42-,43-,44+,45+,46-/m1/s1. The van der Waals surface area contributed by atoms with Crippen LogP contribution in [0.2, 0.25) is 5.04 Å². The van der Waals surface area contributed by atoms with E-state index >= 15 is 0 Å². The summed E-state index contributed by atoms with van der Waals surface area (Å²) in [4.78, 5) is 0. The first-order valence-electron chi connectivity index (χ1n) is 19.7. The van der Waals surface area contributed by atoms with Crippen LogP contribution in [-0.4, -0.2) is 80.9 Å². The van der Waals surface area contributed by atoms with E-state index in [0.717, 1.165) is 27.1 Å². The molecule has 300 valence electrons. The van der Waals surface area contributed by atoms with Crippen LogP contribution in [0.15, 0.2) is 152 Å². The summed E-state index contributed by atoms with van der Waals surface area (Å²) in [6.07, 6.45) is -7.69. The van der Waals surface area contributed by atoms with E-state index in [2.05, 4.69) is 45.0 Å². The molecule has 57 heavy (non-hydrogen) atoms. The van der Waals surface area contributed by atoms with Crippen LogP contribution in [0.1, 0.15) is 37.5 Å². The number of rotatable bonds is 17. The first-order chi connectivity index (χ1) is 27.7. The van der Waals surface area contributed by atoms with Gasteiger partial charge in [0.2, 0.25) is 0 Å². The van der Waals surface area contributed by atoms with E-state index in [1.165, 1.54) is 0 Å². The van der Waals surface area contributed by atoms with E-state index in [1.54, 1.807) is 0 Å². The molecule has 2 fully saturated rings. The van der Waals surface area contributed by atoms with Gasteiger partial charge in [-0.2, -0.15) is 0 Å². The van der Waals surface area contributed by atoms with Crippen LogP contribution in [0.25, 0.3) is 0 Å². The maximum Gasteiger partial charge on any atom is 0.261 e. The largest absolute Gasteiger partial charge is 0.405 e. The lowest BCUT2D eigenvalue weighted by molar-refractivity contribution is -0.222. The summed E-state index contributed by atoms with van der Waals surface area (Å²) in [5.41, 5.74) is 2.91. The number of aliphatic hydroxyl groups is 2. The molecule has 2 heterocycles. The number of benzene rings is 5. The third kappa shape index (κ3) is 9.81. The Morgan fingerprint density at radius 3 is 1.46 bits per heavy atom. The summed E-state index contributed by atoms with van der Waals surface area (Å²) in [5, 5.41) is 25.3. The van der Waals surface area contributed by atoms with E-state index in [1.807, 2.05) is 127 Å². The smallest absolute Gasteiger partial charge is 0.261 e. The molecule has 0 saturated carbocycles. The fourth-order valence-electron chi connectivity index (χ4n) is 7.87. The Hall–Kier alpha value is -4.04. The van der Waals surface area contributed by atoms with Crippen molar-refractivity contribution in [3.05, 3.63) is 168 Å². The number of hydrogen-bond donors (Lipinski definition) is 2. The fourth-order valence-corrected chi connectivity index (χ4v) is 12.4. The molecule has 10 heteroatoms. The van der Waals surface area contributed by atoms with Gasteiger partial charge in [-0.05, 0) is 32.1 Å². The average molecular weight is 791 g/mol. The minimum Gasteiger partial charge on any atom is -0.405 e. The summed E-state index contributed by atoms with van der Waals surface area (Å²) in [7, 11) is -3.00. The summed E-state index contributed by atoms with van der Waals surface area (Å²) in [6, 6.07) is 50.1. The lowest BCUT2D eigenvalue weighted by Crippen LogP contribution is -2.67. The molecule has 2 saturated heterocycles. The average Bonchev–Trinajstić information content (AvgIpc) is 3.70. The molecule has 0 radical (unpaired) electrons. The SMILES string of the molecule is CC(C)(C)[Si](OC[C@H]1O[C@H](O)[C@@H](OCc2ccccc2)[C@@H]1O[C@H]1O[C@H](COCc2ccccc2)[C@@H](OCc2ccccc2)[C@@H]1O)(c1ccccc1)c1ccccc1. The first-order valence-corrected chi connectivity index (χ1v) is 21.6. The molecule has 5 aromatic rings. The Kier molecular flexibility index (Phi) is 13.8. The van der Waals surface area contributed by atoms with Gasteiger partial charge in [0.05, 0.1) is 33.0 Å². The van der Waals surface area contributed by atoms with Crippen molar-refractivity contribution >= 4 is 18.7 Å². The van der Waals surface area contributed by atoms with E-state index in [0.29, 0.717) is 6.61 Å². The Morgan fingerprint density at radius 2 is 0.965 bits per heavy atom. The van der Waals surface area contributed by atoms with Crippen LogP contribution in [0.5, 0.6) is 0 Å². The van der Waals surface area contributed by atoms with Gasteiger partial charge in [0.15, 0.2) is 12.6 Å². The Labute approximate surface area is 337 Å². The highest BCUT2D eigenvalue weighted by Crippen LogP contribution is 2.39. The summed E-state index contributed by atoms with van der Waals surface area (Å²) >= 11 is 0. The minimum atomic E-state index is -3.00. The van der Waals surface area contributed by atoms with Gasteiger partial charge in [-0.3, -0.25) is 0 Å². The fraction of sp³-hybridized carbons (Fsp3) is 0.362. The normalized spacial score (nSPS) is 25.1. The van der Waals surface area contributed by atoms with Crippen LogP contribution in [0.4, 0.5) is 0 Å². The Balaban J connectivity index is 1.15. The molecule has 0 amide bonds. The number of hydrogen-bond acceptors (Lipinski definition) is 9. The monoisotopic (exact) mass is 790 g/mol. The van der Waals surface area contributed by atoms with Gasteiger partial charge in [-0.15, -0.1) is 0 Å². The van der Waals surface area contributed by atoms with Crippen molar-refractivity contribution < 1.29 is 43.1 Å². The topological polar surface area (TPSA) is 105 Å². The number of ether oxygens (including phenoxy) is 6. The van der Waals surface area contributed by atoms with Gasteiger partial charge in [0.25, 0.3) is 8.32 Å². The highest BCUT2D eigenvalue weighted by Gasteiger charge is 2.55. The van der Waals surface area contributed by atoms with Gasteiger partial charge >= 0.3 is 0 Å². The first kappa shape index (κ1) is 41.1. The highest BCUT2D eigenvalue weighted by molar-refractivity contribution is 6.99. The van der Waals surface area contributed by atoms with Crippen molar-refractivity contribution in [1.82, 2.24) is 0 Å². The van der Waals surface area contributed by atoms with Gasteiger partial charge in [0.1, 0.15) is 36.6 Å². The van der Waals surface area contributed by atoms with Crippen molar-refractivity contribution in [2.24, 2.45) is 0 Å². The van der Waals surface area contributed by atoms with Crippen molar-refractivity contribution in [2.45, 2.75) is 94.8 Å². The molecule has 7 rings (SSSR count). The van der Waals surface area contributed by atoms with Crippen molar-refractivity contribution in [3.8, 4) is 0 Å². The maximum absolute atomic E-state index is 11.9. The van der Waals surface area contributed by atoms with Gasteiger partial charge < -0.3 is 43.1 Å². The van der Waals surface area contributed by atoms with Crippen molar-refractivity contribution in [2.75, 3.05) is 13.2 Å². The molecule has 8 atom stereocenters. The summed E-state index contributed by atoms with van der Waals surface area (Å²) < 4.78 is 45.6. The zero-order valence-electron chi connectivity index (χ0n) is 32.8. The third-order valence-electron chi connectivity index (χ3n) is 10.7. The highest BCUT2D eigenvalue weighted by atomic mass is 28.4. The molecule has 9 nitrogen and oxygen atoms in total. The third-order valence-corrected chi connectivity index (χ3v) is 15.7. The second kappa shape index (κ2) is 19.1. The quantitative estimate of drug-likeness (QED) is 0.108. The zero-order chi connectivity index (χ0) is 39.7. The molecule has 0 spiro atoms. The second-order valence-corrected chi connectivity index (χ2v) is 20.0. The molecule has 0 aliphatic carbocycles. The van der Waals surface area contributed by atoms with Crippen LogP contribution in [0, 0.1) is 0 Å². The predicted octanol–water partition coefficient (Wildman–Crippen LogP) is 6.14. The van der Waals surface area contributed by atoms with E-state index in [9.17, 15) is 10.2 Å². The molecule has 2 N–H and O–H groups in total. The van der Waals surface area contributed by atoms with Crippen molar-refractivity contribution in [1.29, 1.82) is 0 Å². The molecule has 2 aliphatic rings. The van der Waals surface area contributed by atoms with Crippen LogP contribution < -0.4 is 10.4 Å². The minimum absolute atomic E-state index is 0.0839. The lowest BCUT2D eigenvalue weighted by atomic mass is 10.1. The molecular weight excluding hydrogens is 737 g/mol. The van der Waals surface area contributed by atoms with Gasteiger partial charge in [-0.1, -0.05) is 172 Å². The molecule has 0 bridgehead atoms. The number of aliphatic hydroxyl groups excluding tert-OH is 2. The Morgan fingerprint density at radius 1 is 0.526 bits per heavy atom. The van der Waals surface area contributed by atoms with Gasteiger partial charge in [-0.25, -0.2) is 0 Å². The van der Waals surface area contributed by atoms with Crippen molar-refractivity contribution in [3.63, 3.8) is 0 Å². The predicted molar refractivity (Wildman–Crippen MR) is 220 cm³/mol. The molecule has 0 aromatic heterocycles. The molecule has 5 aromatic carbocycles. The van der Waals surface area contributed by atoms with Crippen LogP contribution >= 0.6 is 0 Å². The molecular formula is C47H54O9Si. The van der Waals surface area contributed by atoms with E-state index < -0.39 is 57.5 Å². The second-order valence-electron chi connectivity index (χ2n) is 15.7. The molecule has 2 aliphatic heterocycles. The maximum atomic E-state index is 11.9. The van der Waals surface area contributed by atoms with E-state index in [4.69, 9.17) is 32.8 Å². The Bertz CT molecular complexity index is 1880. The van der Waals surface area contributed by atoms with Crippen LogP contribution in [0.3, 0.4) is 0 Å². The van der Waals surface area contributed by atoms with Crippen LogP contribution in [-0.2, 0) is 52.7 Å². The summed E-state index contributed by atoms with van der Waals surface area (Å²) in [6.45, 7) is 7.71. The lowest BCUT2D eigenvalue weighted by Gasteiger charge is -2.43. The molecule has 0 unspecified atom stereocenters. The van der Waals surface area contributed by atoms with Gasteiger partial charge in [0, 0.05) is 0 Å². The zero-order valence-corrected chi connectivity index (χ0v) is 33.8. The summed E-state index contributed by atoms with van der Waals surface area (Å²) in [5.74, 6) is 0.